The lowest BCUT2D eigenvalue weighted by molar-refractivity contribution is 0.0672. The average molecular weight is 336 g/mol. The zero-order valence-corrected chi connectivity index (χ0v) is 14.0. The van der Waals surface area contributed by atoms with Crippen molar-refractivity contribution in [2.75, 3.05) is 19.3 Å². The van der Waals surface area contributed by atoms with Gasteiger partial charge in [0.2, 0.25) is 10.0 Å². The van der Waals surface area contributed by atoms with Crippen LogP contribution in [0.15, 0.2) is 28.7 Å². The van der Waals surface area contributed by atoms with Gasteiger partial charge in [0.25, 0.3) is 5.91 Å². The van der Waals surface area contributed by atoms with Crippen molar-refractivity contribution in [1.82, 2.24) is 9.62 Å². The number of carbonyl (C=O) groups is 1. The molecule has 1 aromatic carbocycles. The molecule has 23 heavy (non-hydrogen) atoms. The highest BCUT2D eigenvalue weighted by atomic mass is 32.2. The summed E-state index contributed by atoms with van der Waals surface area (Å²) in [6, 6.07) is 7.30. The minimum absolute atomic E-state index is 0.182. The van der Waals surface area contributed by atoms with Crippen LogP contribution in [0.4, 0.5) is 0 Å². The smallest absolute Gasteiger partial charge is 0.289 e. The van der Waals surface area contributed by atoms with Crippen LogP contribution >= 0.6 is 0 Å². The third-order valence-electron chi connectivity index (χ3n) is 4.13. The van der Waals surface area contributed by atoms with Gasteiger partial charge in [0.15, 0.2) is 5.76 Å². The normalized spacial score (nSPS) is 19.2. The van der Waals surface area contributed by atoms with E-state index in [0.717, 1.165) is 30.0 Å². The Morgan fingerprint density at radius 3 is 2.78 bits per heavy atom. The summed E-state index contributed by atoms with van der Waals surface area (Å²) < 4.78 is 31.1. The summed E-state index contributed by atoms with van der Waals surface area (Å²) in [5.74, 6) is 0.157. The second-order valence-corrected chi connectivity index (χ2v) is 7.81. The summed E-state index contributed by atoms with van der Waals surface area (Å²) >= 11 is 0. The zero-order valence-electron chi connectivity index (χ0n) is 13.2. The van der Waals surface area contributed by atoms with Gasteiger partial charge < -0.3 is 9.32 Å². The number of fused-ring (bicyclic) bond motifs is 1. The van der Waals surface area contributed by atoms with Gasteiger partial charge in [-0.1, -0.05) is 18.2 Å². The highest BCUT2D eigenvalue weighted by Gasteiger charge is 2.29. The Hall–Kier alpha value is -1.86. The van der Waals surface area contributed by atoms with Crippen LogP contribution in [0.2, 0.25) is 0 Å². The largest absolute Gasteiger partial charge is 0.451 e. The average Bonchev–Trinajstić information content (AvgIpc) is 2.83. The molecule has 1 saturated heterocycles. The van der Waals surface area contributed by atoms with Crippen molar-refractivity contribution in [2.45, 2.75) is 25.8 Å². The van der Waals surface area contributed by atoms with E-state index in [9.17, 15) is 13.2 Å². The number of carbonyl (C=O) groups excluding carboxylic acids is 1. The summed E-state index contributed by atoms with van der Waals surface area (Å²) in [4.78, 5) is 14.4. The SMILES string of the molecule is Cc1c(C(=O)N2CCC[C@@H](NS(C)(=O)=O)C2)oc2ccccc12. The van der Waals surface area contributed by atoms with Gasteiger partial charge in [-0.15, -0.1) is 0 Å². The number of hydrogen-bond acceptors (Lipinski definition) is 4. The lowest BCUT2D eigenvalue weighted by atomic mass is 10.1. The van der Waals surface area contributed by atoms with Crippen LogP contribution in [-0.4, -0.2) is 44.6 Å². The summed E-state index contributed by atoms with van der Waals surface area (Å²) in [5, 5.41) is 0.929. The fourth-order valence-corrected chi connectivity index (χ4v) is 3.88. The number of rotatable bonds is 3. The molecule has 0 aliphatic carbocycles. The molecule has 124 valence electrons. The van der Waals surface area contributed by atoms with E-state index in [2.05, 4.69) is 4.72 Å². The van der Waals surface area contributed by atoms with Crippen molar-refractivity contribution < 1.29 is 17.6 Å². The standard InChI is InChI=1S/C16H20N2O4S/c1-11-13-7-3-4-8-14(13)22-15(11)16(19)18-9-5-6-12(10-18)17-23(2,20)21/h3-4,7-8,12,17H,5-6,9-10H2,1-2H3/t12-/m1/s1. The van der Waals surface area contributed by atoms with Gasteiger partial charge in [0.05, 0.1) is 6.26 Å². The minimum atomic E-state index is -3.28. The first-order valence-corrected chi connectivity index (χ1v) is 9.49. The molecule has 1 aliphatic heterocycles. The van der Waals surface area contributed by atoms with E-state index >= 15 is 0 Å². The molecule has 1 aromatic heterocycles. The van der Waals surface area contributed by atoms with E-state index in [4.69, 9.17) is 4.42 Å². The first-order valence-electron chi connectivity index (χ1n) is 7.60. The van der Waals surface area contributed by atoms with E-state index < -0.39 is 10.0 Å². The molecule has 7 heteroatoms. The molecule has 2 heterocycles. The Kier molecular flexibility index (Phi) is 4.16. The first-order chi connectivity index (χ1) is 10.8. The molecular formula is C16H20N2O4S. The van der Waals surface area contributed by atoms with Gasteiger partial charge in [-0.2, -0.15) is 0 Å². The number of likely N-dealkylation sites (tertiary alicyclic amines) is 1. The highest BCUT2D eigenvalue weighted by molar-refractivity contribution is 7.88. The fourth-order valence-electron chi connectivity index (χ4n) is 3.08. The lowest BCUT2D eigenvalue weighted by Gasteiger charge is -2.32. The quantitative estimate of drug-likeness (QED) is 0.928. The Labute approximate surface area is 135 Å². The van der Waals surface area contributed by atoms with Crippen LogP contribution in [0.25, 0.3) is 11.0 Å². The van der Waals surface area contributed by atoms with Crippen molar-refractivity contribution in [3.05, 3.63) is 35.6 Å². The summed E-state index contributed by atoms with van der Waals surface area (Å²) in [5.41, 5.74) is 1.51. The number of nitrogens with zero attached hydrogens (tertiary/aromatic N) is 1. The van der Waals surface area contributed by atoms with Gasteiger partial charge in [-0.3, -0.25) is 4.79 Å². The Balaban J connectivity index is 1.82. The summed E-state index contributed by atoms with van der Waals surface area (Å²) in [6.45, 7) is 2.84. The molecule has 1 aliphatic rings. The maximum absolute atomic E-state index is 12.8. The maximum Gasteiger partial charge on any atom is 0.289 e. The van der Waals surface area contributed by atoms with E-state index in [1.165, 1.54) is 0 Å². The Morgan fingerprint density at radius 1 is 1.35 bits per heavy atom. The molecule has 0 spiro atoms. The van der Waals surface area contributed by atoms with Crippen LogP contribution in [0.5, 0.6) is 0 Å². The van der Waals surface area contributed by atoms with E-state index in [-0.39, 0.29) is 11.9 Å². The van der Waals surface area contributed by atoms with Crippen LogP contribution < -0.4 is 4.72 Å². The fraction of sp³-hybridized carbons (Fsp3) is 0.438. The number of para-hydroxylation sites is 1. The minimum Gasteiger partial charge on any atom is -0.451 e. The zero-order chi connectivity index (χ0) is 16.6. The molecule has 1 N–H and O–H groups in total. The number of hydrogen-bond donors (Lipinski definition) is 1. The van der Waals surface area contributed by atoms with Gasteiger partial charge >= 0.3 is 0 Å². The third-order valence-corrected chi connectivity index (χ3v) is 4.89. The number of nitrogens with one attached hydrogen (secondary N) is 1. The van der Waals surface area contributed by atoms with E-state index in [1.54, 1.807) is 4.90 Å². The topological polar surface area (TPSA) is 79.6 Å². The molecule has 1 fully saturated rings. The monoisotopic (exact) mass is 336 g/mol. The van der Waals surface area contributed by atoms with Crippen LogP contribution in [0, 0.1) is 6.92 Å². The summed E-state index contributed by atoms with van der Waals surface area (Å²) in [6.07, 6.45) is 2.63. The Morgan fingerprint density at radius 2 is 2.09 bits per heavy atom. The van der Waals surface area contributed by atoms with Gasteiger partial charge in [-0.05, 0) is 25.8 Å². The lowest BCUT2D eigenvalue weighted by Crippen LogP contribution is -2.49. The molecule has 0 bridgehead atoms. The van der Waals surface area contributed by atoms with Gasteiger partial charge in [0, 0.05) is 30.1 Å². The number of sulfonamides is 1. The number of benzene rings is 1. The predicted octanol–water partition coefficient (Wildman–Crippen LogP) is 1.90. The maximum atomic E-state index is 12.8. The van der Waals surface area contributed by atoms with Crippen LogP contribution in [-0.2, 0) is 10.0 Å². The molecule has 0 saturated carbocycles. The molecular weight excluding hydrogens is 316 g/mol. The van der Waals surface area contributed by atoms with Crippen molar-refractivity contribution in [1.29, 1.82) is 0 Å². The Bertz CT molecular complexity index is 841. The molecule has 1 atom stereocenters. The molecule has 1 amide bonds. The van der Waals surface area contributed by atoms with Gasteiger partial charge in [0.1, 0.15) is 5.58 Å². The number of aryl methyl sites for hydroxylation is 1. The van der Waals surface area contributed by atoms with Crippen molar-refractivity contribution in [3.8, 4) is 0 Å². The summed E-state index contributed by atoms with van der Waals surface area (Å²) in [7, 11) is -3.28. The number of furan rings is 1. The van der Waals surface area contributed by atoms with E-state index in [1.807, 2.05) is 31.2 Å². The van der Waals surface area contributed by atoms with Crippen LogP contribution in [0.1, 0.15) is 29.0 Å². The first kappa shape index (κ1) is 16.0. The molecule has 0 radical (unpaired) electrons. The van der Waals surface area contributed by atoms with Crippen LogP contribution in [0.3, 0.4) is 0 Å². The van der Waals surface area contributed by atoms with E-state index in [0.29, 0.717) is 24.4 Å². The van der Waals surface area contributed by atoms with Crippen molar-refractivity contribution in [2.24, 2.45) is 0 Å². The number of amides is 1. The molecule has 6 nitrogen and oxygen atoms in total. The second-order valence-electron chi connectivity index (χ2n) is 6.03. The second kappa shape index (κ2) is 5.98. The molecule has 0 unspecified atom stereocenters. The van der Waals surface area contributed by atoms with Gasteiger partial charge in [-0.25, -0.2) is 13.1 Å². The number of piperidine rings is 1. The predicted molar refractivity (Wildman–Crippen MR) is 87.9 cm³/mol. The highest BCUT2D eigenvalue weighted by Crippen LogP contribution is 2.26. The molecule has 2 aromatic rings. The van der Waals surface area contributed by atoms with Crippen molar-refractivity contribution in [3.63, 3.8) is 0 Å². The molecule has 3 rings (SSSR count). The van der Waals surface area contributed by atoms with Crippen molar-refractivity contribution >= 4 is 26.9 Å². The third kappa shape index (κ3) is 3.40.